The van der Waals surface area contributed by atoms with Gasteiger partial charge in [-0.05, 0) is 116 Å². The van der Waals surface area contributed by atoms with Gasteiger partial charge in [-0.1, -0.05) is 45.9 Å². The third kappa shape index (κ3) is 3.71. The number of carbonyl (C=O) groups is 1. The topological polar surface area (TPSA) is 44.8 Å². The van der Waals surface area contributed by atoms with Gasteiger partial charge >= 0.3 is 5.97 Å². The van der Waals surface area contributed by atoms with E-state index in [-0.39, 0.29) is 17.9 Å². The summed E-state index contributed by atoms with van der Waals surface area (Å²) in [5.74, 6) is 4.41. The molecule has 1 spiro atoms. The lowest BCUT2D eigenvalue weighted by atomic mass is 9.44. The van der Waals surface area contributed by atoms with Crippen molar-refractivity contribution in [2.45, 2.75) is 110 Å². The van der Waals surface area contributed by atoms with Crippen molar-refractivity contribution in [3.63, 3.8) is 0 Å². The number of hydrogen-bond acceptors (Lipinski definition) is 4. The molecule has 1 aromatic rings. The Kier molecular flexibility index (Phi) is 6.10. The van der Waals surface area contributed by atoms with Gasteiger partial charge in [0.25, 0.3) is 0 Å². The van der Waals surface area contributed by atoms with Gasteiger partial charge in [0.05, 0.1) is 18.3 Å². The summed E-state index contributed by atoms with van der Waals surface area (Å²) in [6.45, 7) is 10.9. The van der Waals surface area contributed by atoms with Gasteiger partial charge in [0, 0.05) is 12.3 Å². The summed E-state index contributed by atoms with van der Waals surface area (Å²) >= 11 is 0. The molecule has 2 aliphatic heterocycles. The zero-order valence-corrected chi connectivity index (χ0v) is 24.0. The predicted octanol–water partition coefficient (Wildman–Crippen LogP) is 7.66. The van der Waals surface area contributed by atoms with Gasteiger partial charge < -0.3 is 14.2 Å². The fourth-order valence-electron chi connectivity index (χ4n) is 11.1. The molecule has 0 unspecified atom stereocenters. The third-order valence-corrected chi connectivity index (χ3v) is 13.2. The maximum Gasteiger partial charge on any atom is 0.338 e. The zero-order chi connectivity index (χ0) is 26.3. The van der Waals surface area contributed by atoms with Crippen LogP contribution in [0, 0.1) is 52.3 Å². The normalized spacial score (nSPS) is 51.5. The average molecular weight is 521 g/mol. The molecule has 7 rings (SSSR count). The van der Waals surface area contributed by atoms with Crippen LogP contribution in [0.25, 0.3) is 0 Å². The van der Waals surface area contributed by atoms with Gasteiger partial charge in [-0.2, -0.15) is 0 Å². The van der Waals surface area contributed by atoms with Crippen LogP contribution >= 0.6 is 0 Å². The lowest BCUT2D eigenvalue weighted by Crippen LogP contribution is -2.55. The van der Waals surface area contributed by atoms with Crippen molar-refractivity contribution in [2.24, 2.45) is 52.3 Å². The largest absolute Gasteiger partial charge is 0.459 e. The Balaban J connectivity index is 1.05. The molecule has 208 valence electrons. The van der Waals surface area contributed by atoms with Crippen molar-refractivity contribution in [2.75, 3.05) is 6.61 Å². The Hall–Kier alpha value is -1.39. The van der Waals surface area contributed by atoms with E-state index in [2.05, 4.69) is 27.7 Å². The molecule has 0 bridgehead atoms. The molecule has 4 aliphatic carbocycles. The number of carbonyl (C=O) groups excluding carboxylic acids is 1. The van der Waals surface area contributed by atoms with E-state index in [0.29, 0.717) is 46.2 Å². The molecule has 0 amide bonds. The van der Waals surface area contributed by atoms with E-state index in [1.807, 2.05) is 30.3 Å². The minimum atomic E-state index is -0.314. The molecule has 6 aliphatic rings. The van der Waals surface area contributed by atoms with Gasteiger partial charge in [0.2, 0.25) is 0 Å². The summed E-state index contributed by atoms with van der Waals surface area (Å²) in [5, 5.41) is 0. The van der Waals surface area contributed by atoms with E-state index in [9.17, 15) is 4.79 Å². The minimum absolute atomic E-state index is 0.0701. The van der Waals surface area contributed by atoms with E-state index in [1.54, 1.807) is 0 Å². The number of ether oxygens (including phenoxy) is 3. The molecular weight excluding hydrogens is 472 g/mol. The fraction of sp³-hybridized carbons (Fsp3) is 0.794. The summed E-state index contributed by atoms with van der Waals surface area (Å²) in [6, 6.07) is 9.51. The van der Waals surface area contributed by atoms with Gasteiger partial charge in [0.1, 0.15) is 6.10 Å². The van der Waals surface area contributed by atoms with Crippen molar-refractivity contribution in [3.8, 4) is 0 Å². The lowest BCUT2D eigenvalue weighted by molar-refractivity contribution is -0.273. The first-order valence-corrected chi connectivity index (χ1v) is 15.8. The highest BCUT2D eigenvalue weighted by atomic mass is 16.7. The van der Waals surface area contributed by atoms with Crippen molar-refractivity contribution in [1.29, 1.82) is 0 Å². The fourth-order valence-corrected chi connectivity index (χ4v) is 11.1. The number of rotatable bonds is 2. The standard InChI is InChI=1S/C34H48O4/c1-21-12-17-34(36-20-21)22(2)30-29(38-34)19-28-26-11-10-24-18-25(37-31(35)23-8-6-5-7-9-23)13-15-32(24,3)27(26)14-16-33(28,30)4/h5-9,21-22,24-30H,10-20H2,1-4H3/t21-,22+,24-,25-,26-,27+,28-,29+,30+,32+,33+,34-/m1/s1. The Labute approximate surface area is 229 Å². The van der Waals surface area contributed by atoms with Crippen LogP contribution in [0.1, 0.15) is 102 Å². The Morgan fingerprint density at radius 3 is 2.45 bits per heavy atom. The molecule has 0 aromatic heterocycles. The SMILES string of the molecule is C[C@@H]1CC[C@@]2(OC1)O[C@H]1C[C@@H]3[C@@H]4CC[C@@H]5C[C@H](OC(=O)c6ccccc6)CC[C@]5(C)[C@H]4CC[C@]3(C)[C@H]1[C@@H]2C. The molecule has 4 nitrogen and oxygen atoms in total. The van der Waals surface area contributed by atoms with Crippen molar-refractivity contribution in [1.82, 2.24) is 0 Å². The van der Waals surface area contributed by atoms with Gasteiger partial charge in [0.15, 0.2) is 5.79 Å². The van der Waals surface area contributed by atoms with E-state index in [1.165, 1.54) is 44.9 Å². The molecule has 38 heavy (non-hydrogen) atoms. The highest BCUT2D eigenvalue weighted by Crippen LogP contribution is 2.71. The molecule has 4 heteroatoms. The molecule has 0 radical (unpaired) electrons. The summed E-state index contributed by atoms with van der Waals surface area (Å²) < 4.78 is 19.5. The molecular formula is C34H48O4. The smallest absolute Gasteiger partial charge is 0.338 e. The second-order valence-electron chi connectivity index (χ2n) is 14.8. The maximum atomic E-state index is 12.7. The van der Waals surface area contributed by atoms with Crippen LogP contribution in [-0.4, -0.2) is 30.6 Å². The van der Waals surface area contributed by atoms with Crippen LogP contribution in [0.3, 0.4) is 0 Å². The molecule has 0 N–H and O–H groups in total. The van der Waals surface area contributed by atoms with Crippen LogP contribution in [0.2, 0.25) is 0 Å². The molecule has 1 aromatic carbocycles. The zero-order valence-electron chi connectivity index (χ0n) is 24.0. The van der Waals surface area contributed by atoms with Gasteiger partial charge in [-0.15, -0.1) is 0 Å². The lowest BCUT2D eigenvalue weighted by Gasteiger charge is -2.61. The minimum Gasteiger partial charge on any atom is -0.459 e. The Morgan fingerprint density at radius 1 is 0.895 bits per heavy atom. The monoisotopic (exact) mass is 520 g/mol. The van der Waals surface area contributed by atoms with Gasteiger partial charge in [-0.25, -0.2) is 4.79 Å². The second-order valence-corrected chi connectivity index (χ2v) is 14.8. The van der Waals surface area contributed by atoms with Crippen molar-refractivity contribution in [3.05, 3.63) is 35.9 Å². The van der Waals surface area contributed by atoms with E-state index < -0.39 is 0 Å². The van der Waals surface area contributed by atoms with E-state index in [0.717, 1.165) is 43.6 Å². The number of benzene rings is 1. The van der Waals surface area contributed by atoms with E-state index >= 15 is 0 Å². The summed E-state index contributed by atoms with van der Waals surface area (Å²) in [6.07, 6.45) is 12.6. The van der Waals surface area contributed by atoms with Crippen LogP contribution in [0.5, 0.6) is 0 Å². The van der Waals surface area contributed by atoms with Crippen molar-refractivity contribution >= 4 is 5.97 Å². The first-order valence-electron chi connectivity index (χ1n) is 15.8. The molecule has 6 fully saturated rings. The number of fused-ring (bicyclic) bond motifs is 7. The maximum absolute atomic E-state index is 12.7. The summed E-state index contributed by atoms with van der Waals surface area (Å²) in [7, 11) is 0. The van der Waals surface area contributed by atoms with Crippen LogP contribution in [-0.2, 0) is 14.2 Å². The third-order valence-electron chi connectivity index (χ3n) is 13.2. The van der Waals surface area contributed by atoms with Crippen molar-refractivity contribution < 1.29 is 19.0 Å². The quantitative estimate of drug-likeness (QED) is 0.376. The predicted molar refractivity (Wildman–Crippen MR) is 147 cm³/mol. The molecule has 12 atom stereocenters. The molecule has 2 saturated heterocycles. The molecule has 4 saturated carbocycles. The Morgan fingerprint density at radius 2 is 1.68 bits per heavy atom. The molecule has 2 heterocycles. The van der Waals surface area contributed by atoms with Crippen LogP contribution in [0.15, 0.2) is 30.3 Å². The average Bonchev–Trinajstić information content (AvgIpc) is 3.36. The van der Waals surface area contributed by atoms with E-state index in [4.69, 9.17) is 14.2 Å². The Bertz CT molecular complexity index is 1050. The summed E-state index contributed by atoms with van der Waals surface area (Å²) in [4.78, 5) is 12.7. The van der Waals surface area contributed by atoms with Crippen LogP contribution in [0.4, 0.5) is 0 Å². The van der Waals surface area contributed by atoms with Gasteiger partial charge in [-0.3, -0.25) is 0 Å². The highest BCUT2D eigenvalue weighted by Gasteiger charge is 2.69. The van der Waals surface area contributed by atoms with Crippen LogP contribution < -0.4 is 0 Å². The second kappa shape index (κ2) is 9.06. The first-order chi connectivity index (χ1) is 18.2. The summed E-state index contributed by atoms with van der Waals surface area (Å²) in [5.41, 5.74) is 1.44. The first kappa shape index (κ1) is 25.6. The number of hydrogen-bond donors (Lipinski definition) is 0. The highest BCUT2D eigenvalue weighted by molar-refractivity contribution is 5.89. The number of esters is 1.